The number of aliphatic hydroxyl groups excluding tert-OH is 3. The van der Waals surface area contributed by atoms with Crippen molar-refractivity contribution in [1.82, 2.24) is 5.32 Å². The number of fused-ring (bicyclic) bond motifs is 5. The molecule has 2 spiro atoms. The summed E-state index contributed by atoms with van der Waals surface area (Å²) in [4.78, 5) is 14.8. The van der Waals surface area contributed by atoms with Crippen LogP contribution in [0.5, 0.6) is 0 Å². The Morgan fingerprint density at radius 2 is 1.74 bits per heavy atom. The van der Waals surface area contributed by atoms with E-state index in [0.29, 0.717) is 63.2 Å². The van der Waals surface area contributed by atoms with Crippen molar-refractivity contribution >= 4 is 5.78 Å². The molecular formula is C44H68N2O7. The number of rotatable bonds is 8. The fourth-order valence-corrected chi connectivity index (χ4v) is 14.6. The summed E-state index contributed by atoms with van der Waals surface area (Å²) in [6, 6.07) is 0. The number of carbonyl (C=O) groups is 1. The molecule has 17 atom stereocenters. The van der Waals surface area contributed by atoms with Crippen LogP contribution in [0.15, 0.2) is 11.6 Å². The largest absolute Gasteiger partial charge is 0.390 e. The van der Waals surface area contributed by atoms with Gasteiger partial charge in [-0.2, -0.15) is 0 Å². The molecule has 6 fully saturated rings. The Balaban J connectivity index is 1.12. The zero-order valence-electron chi connectivity index (χ0n) is 32.6. The van der Waals surface area contributed by atoms with Gasteiger partial charge in [-0.05, 0) is 150 Å². The molecule has 9 heteroatoms. The number of aliphatic hydroxyl groups is 5. The molecule has 0 aromatic heterocycles. The summed E-state index contributed by atoms with van der Waals surface area (Å²) in [5.74, 6) is 7.77. The molecule has 4 saturated carbocycles. The quantitative estimate of drug-likeness (QED) is 0.178. The first-order valence-corrected chi connectivity index (χ1v) is 21.6. The molecule has 0 amide bonds. The van der Waals surface area contributed by atoms with Crippen molar-refractivity contribution < 1.29 is 35.1 Å². The molecule has 8 N–H and O–H groups in total. The SMILES string of the molecule is CCCC1CCC2OC(C(O)C(C)(O)C3CCC4(O)C5=CC(=O)C67CC#CCC34CCC5C6(CCC3CCC(N)NC3)CC(O)C(O)C7)C(C)C2CC1. The minimum atomic E-state index is -1.56. The molecule has 9 nitrogen and oxygen atoms in total. The molecule has 2 heterocycles. The van der Waals surface area contributed by atoms with Gasteiger partial charge in [0.05, 0.1) is 47.2 Å². The van der Waals surface area contributed by atoms with Gasteiger partial charge >= 0.3 is 0 Å². The minimum Gasteiger partial charge on any atom is -0.390 e. The minimum absolute atomic E-state index is 0.00345. The summed E-state index contributed by atoms with van der Waals surface area (Å²) in [7, 11) is 0. The Kier molecular flexibility index (Phi) is 10.1. The number of ether oxygens (including phenoxy) is 1. The second-order valence-corrected chi connectivity index (χ2v) is 19.8. The molecule has 53 heavy (non-hydrogen) atoms. The number of carbonyl (C=O) groups excluding carboxylic acids is 1. The van der Waals surface area contributed by atoms with Crippen LogP contribution in [-0.4, -0.2) is 85.7 Å². The first-order chi connectivity index (χ1) is 25.2. The third-order valence-corrected chi connectivity index (χ3v) is 17.5. The van der Waals surface area contributed by atoms with Gasteiger partial charge in [-0.1, -0.05) is 33.1 Å². The molecule has 7 aliphatic carbocycles. The highest BCUT2D eigenvalue weighted by Crippen LogP contribution is 2.74. The van der Waals surface area contributed by atoms with E-state index in [1.807, 2.05) is 0 Å². The predicted molar refractivity (Wildman–Crippen MR) is 202 cm³/mol. The van der Waals surface area contributed by atoms with Crippen LogP contribution in [0.2, 0.25) is 0 Å². The maximum absolute atomic E-state index is 14.8. The van der Waals surface area contributed by atoms with Gasteiger partial charge in [-0.25, -0.2) is 0 Å². The van der Waals surface area contributed by atoms with Crippen molar-refractivity contribution in [2.75, 3.05) is 6.54 Å². The maximum Gasteiger partial charge on any atom is 0.163 e. The predicted octanol–water partition coefficient (Wildman–Crippen LogP) is 4.51. The van der Waals surface area contributed by atoms with Crippen LogP contribution in [0.1, 0.15) is 136 Å². The summed E-state index contributed by atoms with van der Waals surface area (Å²) < 4.78 is 6.73. The molecule has 0 aromatic carbocycles. The number of nitrogens with one attached hydrogen (secondary N) is 1. The van der Waals surface area contributed by atoms with Crippen LogP contribution in [0.25, 0.3) is 0 Å². The van der Waals surface area contributed by atoms with Crippen molar-refractivity contribution in [1.29, 1.82) is 0 Å². The third-order valence-electron chi connectivity index (χ3n) is 17.5. The van der Waals surface area contributed by atoms with Gasteiger partial charge in [0.2, 0.25) is 0 Å². The average Bonchev–Trinajstić information content (AvgIpc) is 3.53. The Morgan fingerprint density at radius 1 is 1.00 bits per heavy atom. The molecule has 0 aromatic rings. The van der Waals surface area contributed by atoms with Crippen LogP contribution < -0.4 is 11.1 Å². The Bertz CT molecular complexity index is 1500. The van der Waals surface area contributed by atoms with Crippen molar-refractivity contribution in [2.45, 2.75) is 184 Å². The normalized spacial score (nSPS) is 50.8. The van der Waals surface area contributed by atoms with E-state index < -0.39 is 57.8 Å². The summed E-state index contributed by atoms with van der Waals surface area (Å²) in [5, 5.41) is 64.4. The van der Waals surface area contributed by atoms with Gasteiger partial charge in [0.1, 0.15) is 6.10 Å². The number of ketones is 1. The molecule has 9 rings (SSSR count). The van der Waals surface area contributed by atoms with Gasteiger partial charge < -0.3 is 41.3 Å². The van der Waals surface area contributed by atoms with Gasteiger partial charge in [-0.3, -0.25) is 4.79 Å². The number of hydrogen-bond donors (Lipinski definition) is 7. The zero-order chi connectivity index (χ0) is 37.6. The van der Waals surface area contributed by atoms with E-state index in [2.05, 4.69) is 31.0 Å². The lowest BCUT2D eigenvalue weighted by atomic mass is 9.38. The zero-order valence-corrected chi connectivity index (χ0v) is 32.6. The lowest BCUT2D eigenvalue weighted by Crippen LogP contribution is -2.68. The Hall–Kier alpha value is -1.35. The highest BCUT2D eigenvalue weighted by atomic mass is 16.5. The van der Waals surface area contributed by atoms with E-state index in [9.17, 15) is 30.3 Å². The van der Waals surface area contributed by atoms with Crippen LogP contribution >= 0.6 is 0 Å². The summed E-state index contributed by atoms with van der Waals surface area (Å²) in [6.07, 6.45) is 11.9. The van der Waals surface area contributed by atoms with Crippen LogP contribution in [0, 0.1) is 63.6 Å². The lowest BCUT2D eigenvalue weighted by molar-refractivity contribution is -0.210. The molecule has 2 saturated heterocycles. The van der Waals surface area contributed by atoms with Crippen molar-refractivity contribution in [3.63, 3.8) is 0 Å². The monoisotopic (exact) mass is 737 g/mol. The van der Waals surface area contributed by atoms with E-state index in [1.165, 1.54) is 19.3 Å². The number of piperidine rings is 1. The van der Waals surface area contributed by atoms with Crippen molar-refractivity contribution in [2.24, 2.45) is 57.5 Å². The Labute approximate surface area is 317 Å². The molecule has 0 radical (unpaired) electrons. The topological polar surface area (TPSA) is 166 Å². The standard InChI is InChI=1S/C44H68N2O7/c1-4-7-27-8-11-29-26(2)38(53-34(29)12-9-27)39(50)40(3,51)35-16-21-44(52)31-22-36(49)43-18-6-5-17-41(35,44)20-15-30(31)42(43,23-32(47)33(48)24-43)19-14-28-10-13-37(45)46-25-28/h22,26-30,32-35,37-39,46-48,50-52H,4,7-21,23-25,45H2,1-3H3. The second-order valence-electron chi connectivity index (χ2n) is 19.8. The molecular weight excluding hydrogens is 668 g/mol. The molecule has 9 aliphatic rings. The van der Waals surface area contributed by atoms with E-state index >= 15 is 0 Å². The van der Waals surface area contributed by atoms with E-state index in [4.69, 9.17) is 10.5 Å². The molecule has 2 aliphatic heterocycles. The average molecular weight is 737 g/mol. The fourth-order valence-electron chi connectivity index (χ4n) is 14.6. The van der Waals surface area contributed by atoms with E-state index in [1.54, 1.807) is 13.0 Å². The molecule has 17 unspecified atom stereocenters. The van der Waals surface area contributed by atoms with E-state index in [-0.39, 0.29) is 36.3 Å². The second kappa shape index (κ2) is 13.9. The summed E-state index contributed by atoms with van der Waals surface area (Å²) in [6.45, 7) is 7.02. The first kappa shape index (κ1) is 38.5. The number of hydrogen-bond acceptors (Lipinski definition) is 9. The summed E-state index contributed by atoms with van der Waals surface area (Å²) >= 11 is 0. The van der Waals surface area contributed by atoms with Crippen LogP contribution in [0.4, 0.5) is 0 Å². The van der Waals surface area contributed by atoms with Crippen LogP contribution in [0.3, 0.4) is 0 Å². The smallest absolute Gasteiger partial charge is 0.163 e. The molecule has 4 bridgehead atoms. The number of allylic oxidation sites excluding steroid dienone is 1. The highest BCUT2D eigenvalue weighted by Gasteiger charge is 2.74. The van der Waals surface area contributed by atoms with Crippen molar-refractivity contribution in [3.05, 3.63) is 11.6 Å². The first-order valence-electron chi connectivity index (χ1n) is 21.6. The lowest BCUT2D eigenvalue weighted by Gasteiger charge is -2.66. The van der Waals surface area contributed by atoms with Gasteiger partial charge in [0, 0.05) is 18.3 Å². The summed E-state index contributed by atoms with van der Waals surface area (Å²) in [5.41, 5.74) is 1.49. The fraction of sp³-hybridized carbons (Fsp3) is 0.886. The highest BCUT2D eigenvalue weighted by molar-refractivity contribution is 5.98. The van der Waals surface area contributed by atoms with Crippen molar-refractivity contribution in [3.8, 4) is 11.8 Å². The maximum atomic E-state index is 14.8. The third kappa shape index (κ3) is 5.73. The number of nitrogens with two attached hydrogens (primary N) is 1. The van der Waals surface area contributed by atoms with Gasteiger partial charge in [0.25, 0.3) is 0 Å². The van der Waals surface area contributed by atoms with Crippen LogP contribution in [-0.2, 0) is 9.53 Å². The molecule has 296 valence electrons. The Morgan fingerprint density at radius 3 is 2.49 bits per heavy atom. The van der Waals surface area contributed by atoms with E-state index in [0.717, 1.165) is 56.6 Å². The van der Waals surface area contributed by atoms with Gasteiger partial charge in [0.15, 0.2) is 5.78 Å². The van der Waals surface area contributed by atoms with Gasteiger partial charge in [-0.15, -0.1) is 11.8 Å².